The summed E-state index contributed by atoms with van der Waals surface area (Å²) in [5.41, 5.74) is 0.930. The van der Waals surface area contributed by atoms with Gasteiger partial charge in [-0.15, -0.1) is 0 Å². The van der Waals surface area contributed by atoms with Crippen LogP contribution in [-0.4, -0.2) is 57.2 Å². The van der Waals surface area contributed by atoms with E-state index in [2.05, 4.69) is 5.32 Å². The number of likely N-dealkylation sites (tertiary alicyclic amines) is 1. The third kappa shape index (κ3) is 5.62. The zero-order valence-electron chi connectivity index (χ0n) is 15.7. The maximum Gasteiger partial charge on any atom is 0.310 e. The number of esters is 1. The lowest BCUT2D eigenvalue weighted by Gasteiger charge is -2.30. The lowest BCUT2D eigenvalue weighted by molar-refractivity contribution is -0.150. The van der Waals surface area contributed by atoms with E-state index in [1.54, 1.807) is 21.1 Å². The van der Waals surface area contributed by atoms with Gasteiger partial charge >= 0.3 is 5.97 Å². The fourth-order valence-corrected chi connectivity index (χ4v) is 3.10. The number of hydrogen-bond acceptors (Lipinski definition) is 6. The predicted molar refractivity (Wildman–Crippen MR) is 97.2 cm³/mol. The summed E-state index contributed by atoms with van der Waals surface area (Å²) in [5, 5.41) is 2.91. The second kappa shape index (κ2) is 10.0. The van der Waals surface area contributed by atoms with Gasteiger partial charge in [0.15, 0.2) is 11.5 Å². The third-order valence-corrected chi connectivity index (χ3v) is 4.43. The van der Waals surface area contributed by atoms with Crippen molar-refractivity contribution in [2.24, 2.45) is 5.92 Å². The van der Waals surface area contributed by atoms with Gasteiger partial charge in [0.05, 0.1) is 33.3 Å². The van der Waals surface area contributed by atoms with E-state index in [4.69, 9.17) is 14.2 Å². The normalized spacial score (nSPS) is 17.4. The first-order valence-corrected chi connectivity index (χ1v) is 8.94. The van der Waals surface area contributed by atoms with Crippen molar-refractivity contribution in [3.8, 4) is 11.5 Å². The molecule has 0 aromatic heterocycles. The zero-order chi connectivity index (χ0) is 18.9. The van der Waals surface area contributed by atoms with E-state index < -0.39 is 0 Å². The summed E-state index contributed by atoms with van der Waals surface area (Å²) >= 11 is 0. The van der Waals surface area contributed by atoms with Crippen LogP contribution in [0.25, 0.3) is 0 Å². The molecule has 144 valence electrons. The van der Waals surface area contributed by atoms with Crippen molar-refractivity contribution in [1.29, 1.82) is 0 Å². The quantitative estimate of drug-likeness (QED) is 0.706. The molecule has 1 aliphatic rings. The third-order valence-electron chi connectivity index (χ3n) is 4.43. The largest absolute Gasteiger partial charge is 0.493 e. The van der Waals surface area contributed by atoms with E-state index in [-0.39, 0.29) is 24.3 Å². The average molecular weight is 364 g/mol. The summed E-state index contributed by atoms with van der Waals surface area (Å²) in [5.74, 6) is 0.919. The number of piperidine rings is 1. The van der Waals surface area contributed by atoms with Gasteiger partial charge in [-0.05, 0) is 44.0 Å². The monoisotopic (exact) mass is 364 g/mol. The molecule has 26 heavy (non-hydrogen) atoms. The molecule has 1 fully saturated rings. The average Bonchev–Trinajstić information content (AvgIpc) is 2.66. The van der Waals surface area contributed by atoms with Crippen molar-refractivity contribution in [3.63, 3.8) is 0 Å². The SMILES string of the molecule is CCOC(=O)C1CCCN(CC(=O)NCc2ccc(OC)c(OC)c2)C1. The van der Waals surface area contributed by atoms with E-state index in [0.29, 0.717) is 31.2 Å². The second-order valence-corrected chi connectivity index (χ2v) is 6.29. The minimum Gasteiger partial charge on any atom is -0.493 e. The minimum absolute atomic E-state index is 0.0655. The van der Waals surface area contributed by atoms with Crippen LogP contribution in [0.15, 0.2) is 18.2 Å². The summed E-state index contributed by atoms with van der Waals surface area (Å²) in [6, 6.07) is 5.55. The molecular weight excluding hydrogens is 336 g/mol. The number of amides is 1. The highest BCUT2D eigenvalue weighted by Crippen LogP contribution is 2.27. The van der Waals surface area contributed by atoms with Crippen molar-refractivity contribution >= 4 is 11.9 Å². The highest BCUT2D eigenvalue weighted by molar-refractivity contribution is 5.78. The van der Waals surface area contributed by atoms with E-state index in [1.807, 2.05) is 23.1 Å². The summed E-state index contributed by atoms with van der Waals surface area (Å²) in [4.78, 5) is 26.1. The summed E-state index contributed by atoms with van der Waals surface area (Å²) in [7, 11) is 3.16. The summed E-state index contributed by atoms with van der Waals surface area (Å²) in [6.45, 7) is 4.28. The molecule has 7 nitrogen and oxygen atoms in total. The number of hydrogen-bond donors (Lipinski definition) is 1. The number of carbonyl (C=O) groups is 2. The maximum atomic E-state index is 12.2. The Balaban J connectivity index is 1.82. The van der Waals surface area contributed by atoms with Gasteiger partial charge in [-0.3, -0.25) is 14.5 Å². The predicted octanol–water partition coefficient (Wildman–Crippen LogP) is 1.60. The molecule has 0 radical (unpaired) electrons. The number of rotatable bonds is 8. The van der Waals surface area contributed by atoms with Gasteiger partial charge in [0, 0.05) is 13.1 Å². The number of benzene rings is 1. The highest BCUT2D eigenvalue weighted by atomic mass is 16.5. The Morgan fingerprint density at radius 3 is 2.69 bits per heavy atom. The highest BCUT2D eigenvalue weighted by Gasteiger charge is 2.27. The second-order valence-electron chi connectivity index (χ2n) is 6.29. The molecule has 0 aliphatic carbocycles. The number of methoxy groups -OCH3 is 2. The van der Waals surface area contributed by atoms with Gasteiger partial charge in [-0.1, -0.05) is 6.07 Å². The first-order valence-electron chi connectivity index (χ1n) is 8.94. The van der Waals surface area contributed by atoms with Crippen LogP contribution in [0.4, 0.5) is 0 Å². The molecular formula is C19H28N2O5. The zero-order valence-corrected chi connectivity index (χ0v) is 15.7. The molecule has 1 aromatic rings. The summed E-state index contributed by atoms with van der Waals surface area (Å²) in [6.07, 6.45) is 1.72. The van der Waals surface area contributed by atoms with Crippen LogP contribution in [0.1, 0.15) is 25.3 Å². The molecule has 0 spiro atoms. The van der Waals surface area contributed by atoms with Crippen LogP contribution < -0.4 is 14.8 Å². The van der Waals surface area contributed by atoms with E-state index in [0.717, 1.165) is 24.9 Å². The minimum atomic E-state index is -0.164. The van der Waals surface area contributed by atoms with Gasteiger partial charge in [0.25, 0.3) is 0 Å². The Kier molecular flexibility index (Phi) is 7.72. The van der Waals surface area contributed by atoms with Gasteiger partial charge in [-0.25, -0.2) is 0 Å². The molecule has 1 heterocycles. The van der Waals surface area contributed by atoms with Gasteiger partial charge in [-0.2, -0.15) is 0 Å². The fourth-order valence-electron chi connectivity index (χ4n) is 3.10. The van der Waals surface area contributed by atoms with Crippen molar-refractivity contribution in [2.75, 3.05) is 40.5 Å². The maximum absolute atomic E-state index is 12.2. The van der Waals surface area contributed by atoms with Crippen LogP contribution in [0.2, 0.25) is 0 Å². The van der Waals surface area contributed by atoms with E-state index >= 15 is 0 Å². The first kappa shape index (κ1) is 20.0. The Labute approximate surface area is 154 Å². The Morgan fingerprint density at radius 1 is 1.23 bits per heavy atom. The molecule has 1 unspecified atom stereocenters. The topological polar surface area (TPSA) is 77.1 Å². The smallest absolute Gasteiger partial charge is 0.310 e. The van der Waals surface area contributed by atoms with Crippen molar-refractivity contribution in [3.05, 3.63) is 23.8 Å². The fraction of sp³-hybridized carbons (Fsp3) is 0.579. The molecule has 1 saturated heterocycles. The molecule has 1 N–H and O–H groups in total. The molecule has 0 bridgehead atoms. The molecule has 7 heteroatoms. The van der Waals surface area contributed by atoms with Crippen molar-refractivity contribution < 1.29 is 23.8 Å². The molecule has 1 aliphatic heterocycles. The summed E-state index contributed by atoms with van der Waals surface area (Å²) < 4.78 is 15.6. The van der Waals surface area contributed by atoms with Crippen LogP contribution in [0.5, 0.6) is 11.5 Å². The lowest BCUT2D eigenvalue weighted by atomic mass is 9.98. The molecule has 2 rings (SSSR count). The first-order chi connectivity index (χ1) is 12.6. The number of nitrogens with zero attached hydrogens (tertiary/aromatic N) is 1. The van der Waals surface area contributed by atoms with Gasteiger partial charge in [0.2, 0.25) is 5.91 Å². The van der Waals surface area contributed by atoms with Gasteiger partial charge in [0.1, 0.15) is 0 Å². The van der Waals surface area contributed by atoms with E-state index in [9.17, 15) is 9.59 Å². The van der Waals surface area contributed by atoms with Crippen LogP contribution in [0.3, 0.4) is 0 Å². The molecule has 1 amide bonds. The number of nitrogens with one attached hydrogen (secondary N) is 1. The lowest BCUT2D eigenvalue weighted by Crippen LogP contribution is -2.44. The number of carbonyl (C=O) groups excluding carboxylic acids is 2. The molecule has 0 saturated carbocycles. The van der Waals surface area contributed by atoms with Crippen molar-refractivity contribution in [2.45, 2.75) is 26.3 Å². The molecule has 1 aromatic carbocycles. The van der Waals surface area contributed by atoms with Gasteiger partial charge < -0.3 is 19.5 Å². The molecule has 1 atom stereocenters. The van der Waals surface area contributed by atoms with Crippen LogP contribution >= 0.6 is 0 Å². The Hall–Kier alpha value is -2.28. The van der Waals surface area contributed by atoms with E-state index in [1.165, 1.54) is 0 Å². The number of ether oxygens (including phenoxy) is 3. The van der Waals surface area contributed by atoms with Crippen molar-refractivity contribution in [1.82, 2.24) is 10.2 Å². The van der Waals surface area contributed by atoms with Crippen LogP contribution in [-0.2, 0) is 20.9 Å². The Morgan fingerprint density at radius 2 is 2.00 bits per heavy atom. The van der Waals surface area contributed by atoms with Crippen LogP contribution in [0, 0.1) is 5.92 Å². The Bertz CT molecular complexity index is 620. The standard InChI is InChI=1S/C19H28N2O5/c1-4-26-19(23)15-6-5-9-21(12-15)13-18(22)20-11-14-7-8-16(24-2)17(10-14)25-3/h7-8,10,15H,4-6,9,11-13H2,1-3H3,(H,20,22).